The van der Waals surface area contributed by atoms with Crippen molar-refractivity contribution >= 4 is 34.3 Å². The van der Waals surface area contributed by atoms with Gasteiger partial charge in [0.25, 0.3) is 0 Å². The van der Waals surface area contributed by atoms with E-state index in [0.717, 1.165) is 21.3 Å². The quantitative estimate of drug-likeness (QED) is 0.595. The number of aromatic nitrogens is 1. The normalized spacial score (nSPS) is 10.9. The van der Waals surface area contributed by atoms with Crippen LogP contribution in [0.1, 0.15) is 0 Å². The van der Waals surface area contributed by atoms with Gasteiger partial charge in [-0.3, -0.25) is 4.98 Å². The van der Waals surface area contributed by atoms with Crippen LogP contribution >= 0.6 is 11.3 Å². The van der Waals surface area contributed by atoms with E-state index in [1.165, 1.54) is 23.5 Å². The highest BCUT2D eigenvalue weighted by Crippen LogP contribution is 2.25. The fourth-order valence-electron chi connectivity index (χ4n) is 1.77. The number of fused-ring (bicyclic) bond motifs is 1. The topological polar surface area (TPSA) is 12.9 Å². The van der Waals surface area contributed by atoms with E-state index in [-0.39, 0.29) is 5.82 Å². The molecule has 17 heavy (non-hydrogen) atoms. The Balaban J connectivity index is 2.13. The predicted octanol–water partition coefficient (Wildman–Crippen LogP) is 2.90. The number of thiazole rings is 1. The van der Waals surface area contributed by atoms with Crippen LogP contribution in [0.25, 0.3) is 21.3 Å². The Morgan fingerprint density at radius 1 is 1.00 bits per heavy atom. The van der Waals surface area contributed by atoms with Gasteiger partial charge < -0.3 is 0 Å². The Kier molecular flexibility index (Phi) is 2.44. The summed E-state index contributed by atoms with van der Waals surface area (Å²) in [4.78, 5) is 4.81. The lowest BCUT2D eigenvalue weighted by Gasteiger charge is -2.01. The molecule has 0 aliphatic heterocycles. The molecule has 0 fully saturated rings. The van der Waals surface area contributed by atoms with Gasteiger partial charge in [-0.2, -0.15) is 0 Å². The van der Waals surface area contributed by atoms with Crippen LogP contribution in [-0.4, -0.2) is 12.8 Å². The van der Waals surface area contributed by atoms with Crippen LogP contribution in [0.5, 0.6) is 0 Å². The molecule has 1 heterocycles. The van der Waals surface area contributed by atoms with E-state index in [0.29, 0.717) is 4.91 Å². The van der Waals surface area contributed by atoms with E-state index in [9.17, 15) is 4.39 Å². The van der Waals surface area contributed by atoms with Crippen molar-refractivity contribution < 1.29 is 4.39 Å². The summed E-state index contributed by atoms with van der Waals surface area (Å²) in [6, 6.07) is 12.4. The zero-order chi connectivity index (χ0) is 11.8. The van der Waals surface area contributed by atoms with Crippen molar-refractivity contribution in [2.45, 2.75) is 0 Å². The molecule has 0 amide bonds. The second-order valence-corrected chi connectivity index (χ2v) is 4.80. The minimum Gasteiger partial charge on any atom is -0.253 e. The van der Waals surface area contributed by atoms with E-state index in [4.69, 9.17) is 7.85 Å². The van der Waals surface area contributed by atoms with Crippen LogP contribution in [0.3, 0.4) is 0 Å². The second kappa shape index (κ2) is 3.97. The molecule has 0 spiro atoms. The molecule has 3 rings (SSSR count). The highest BCUT2D eigenvalue weighted by molar-refractivity contribution is 7.25. The van der Waals surface area contributed by atoms with Crippen molar-refractivity contribution in [3.05, 3.63) is 48.3 Å². The van der Waals surface area contributed by atoms with Gasteiger partial charge in [0, 0.05) is 4.91 Å². The van der Waals surface area contributed by atoms with Crippen LogP contribution in [0.2, 0.25) is 0 Å². The Labute approximate surface area is 103 Å². The summed E-state index contributed by atoms with van der Waals surface area (Å²) < 4.78 is 13.9. The lowest BCUT2D eigenvalue weighted by Crippen LogP contribution is -1.96. The summed E-state index contributed by atoms with van der Waals surface area (Å²) >= 11 is 1.47. The summed E-state index contributed by atoms with van der Waals surface area (Å²) in [6.45, 7) is 0. The molecule has 0 aliphatic rings. The summed E-state index contributed by atoms with van der Waals surface area (Å²) in [5.41, 5.74) is 2.87. The summed E-state index contributed by atoms with van der Waals surface area (Å²) in [6.07, 6.45) is 0. The Morgan fingerprint density at radius 2 is 1.71 bits per heavy atom. The fraction of sp³-hybridized carbons (Fsp3) is 0. The second-order valence-electron chi connectivity index (χ2n) is 3.74. The van der Waals surface area contributed by atoms with Crippen molar-refractivity contribution in [2.24, 2.45) is 0 Å². The van der Waals surface area contributed by atoms with Gasteiger partial charge in [0.15, 0.2) is 7.85 Å². The van der Waals surface area contributed by atoms with Gasteiger partial charge in [-0.15, -0.1) is 11.3 Å². The zero-order valence-corrected chi connectivity index (χ0v) is 9.67. The van der Waals surface area contributed by atoms with E-state index < -0.39 is 0 Å². The molecule has 80 valence electrons. The predicted molar refractivity (Wildman–Crippen MR) is 70.4 cm³/mol. The average molecular weight is 239 g/mol. The number of hydrogen-bond donors (Lipinski definition) is 0. The first kappa shape index (κ1) is 10.5. The van der Waals surface area contributed by atoms with Gasteiger partial charge in [-0.25, -0.2) is 4.39 Å². The van der Waals surface area contributed by atoms with Gasteiger partial charge >= 0.3 is 0 Å². The molecule has 0 unspecified atom stereocenters. The lowest BCUT2D eigenvalue weighted by molar-refractivity contribution is 0.628. The zero-order valence-electron chi connectivity index (χ0n) is 8.85. The molecule has 1 aromatic heterocycles. The molecule has 0 atom stereocenters. The molecular weight excluding hydrogens is 232 g/mol. The molecule has 0 aliphatic carbocycles. The molecule has 2 aromatic carbocycles. The van der Waals surface area contributed by atoms with Crippen molar-refractivity contribution in [3.8, 4) is 11.1 Å². The van der Waals surface area contributed by atoms with Crippen molar-refractivity contribution in [1.29, 1.82) is 0 Å². The van der Waals surface area contributed by atoms with Gasteiger partial charge in [-0.05, 0) is 35.4 Å². The molecule has 2 radical (unpaired) electrons. The van der Waals surface area contributed by atoms with Gasteiger partial charge in [0.05, 0.1) is 10.2 Å². The highest BCUT2D eigenvalue weighted by atomic mass is 32.1. The Bertz CT molecular complexity index is 675. The van der Waals surface area contributed by atoms with Crippen LogP contribution in [0.4, 0.5) is 4.39 Å². The standard InChI is InChI=1S/C13H7BFNS/c14-13-16-11-7-9(3-6-12(11)17-13)8-1-4-10(15)5-2-8/h1-7H. The van der Waals surface area contributed by atoms with E-state index >= 15 is 0 Å². The first-order valence-electron chi connectivity index (χ1n) is 5.14. The average Bonchev–Trinajstić information content (AvgIpc) is 2.69. The third-order valence-electron chi connectivity index (χ3n) is 2.58. The van der Waals surface area contributed by atoms with Crippen LogP contribution < -0.4 is 4.91 Å². The monoisotopic (exact) mass is 239 g/mol. The molecule has 0 bridgehead atoms. The number of nitrogens with zero attached hydrogens (tertiary/aromatic N) is 1. The van der Waals surface area contributed by atoms with Crippen LogP contribution in [0.15, 0.2) is 42.5 Å². The van der Waals surface area contributed by atoms with Crippen molar-refractivity contribution in [1.82, 2.24) is 4.98 Å². The molecule has 1 nitrogen and oxygen atoms in total. The molecular formula is C13H7BFNS. The summed E-state index contributed by atoms with van der Waals surface area (Å²) in [5, 5.41) is 0. The maximum atomic E-state index is 12.8. The van der Waals surface area contributed by atoms with Crippen molar-refractivity contribution in [3.63, 3.8) is 0 Å². The largest absolute Gasteiger partial charge is 0.253 e. The smallest absolute Gasteiger partial charge is 0.157 e. The number of halogens is 1. The Hall–Kier alpha value is -1.68. The first-order chi connectivity index (χ1) is 8.22. The molecule has 0 saturated carbocycles. The lowest BCUT2D eigenvalue weighted by atomic mass is 10.1. The third-order valence-corrected chi connectivity index (χ3v) is 3.45. The van der Waals surface area contributed by atoms with Gasteiger partial charge in [0.2, 0.25) is 0 Å². The Morgan fingerprint density at radius 3 is 2.47 bits per heavy atom. The molecule has 3 aromatic rings. The minimum absolute atomic E-state index is 0.229. The highest BCUT2D eigenvalue weighted by Gasteiger charge is 2.03. The summed E-state index contributed by atoms with van der Waals surface area (Å²) in [5.74, 6) is -0.229. The maximum Gasteiger partial charge on any atom is 0.157 e. The third kappa shape index (κ3) is 1.96. The van der Waals surface area contributed by atoms with Crippen LogP contribution in [0, 0.1) is 5.82 Å². The minimum atomic E-state index is -0.229. The summed E-state index contributed by atoms with van der Waals surface area (Å²) in [7, 11) is 5.66. The fourth-order valence-corrected chi connectivity index (χ4v) is 2.48. The number of hydrogen-bond acceptors (Lipinski definition) is 2. The number of benzene rings is 2. The van der Waals surface area contributed by atoms with Gasteiger partial charge in [-0.1, -0.05) is 18.2 Å². The van der Waals surface area contributed by atoms with Crippen LogP contribution in [-0.2, 0) is 0 Å². The van der Waals surface area contributed by atoms with E-state index in [2.05, 4.69) is 4.98 Å². The van der Waals surface area contributed by atoms with E-state index in [1.54, 1.807) is 12.1 Å². The first-order valence-corrected chi connectivity index (χ1v) is 5.96. The molecule has 0 saturated heterocycles. The van der Waals surface area contributed by atoms with Crippen molar-refractivity contribution in [2.75, 3.05) is 0 Å². The maximum absolute atomic E-state index is 12.8. The molecule has 0 N–H and O–H groups in total. The van der Waals surface area contributed by atoms with E-state index in [1.807, 2.05) is 18.2 Å². The van der Waals surface area contributed by atoms with Gasteiger partial charge in [0.1, 0.15) is 5.82 Å². The number of rotatable bonds is 1. The molecule has 4 heteroatoms. The SMILES string of the molecule is [B]c1nc2cc(-c3ccc(F)cc3)ccc2s1.